The zero-order chi connectivity index (χ0) is 6.91. The van der Waals surface area contributed by atoms with Gasteiger partial charge in [-0.2, -0.15) is 0 Å². The number of hydrogen-bond acceptors (Lipinski definition) is 3. The van der Waals surface area contributed by atoms with Crippen LogP contribution in [0.5, 0.6) is 0 Å². The van der Waals surface area contributed by atoms with Crippen LogP contribution in [0.15, 0.2) is 10.8 Å². The molecule has 1 heterocycles. The minimum Gasteiger partial charge on any atom is -0.427 e. The average molecular weight is 126 g/mol. The van der Waals surface area contributed by atoms with Crippen LogP contribution < -0.4 is 0 Å². The molecule has 3 nitrogen and oxygen atoms in total. The Bertz CT molecular complexity index is 173. The lowest BCUT2D eigenvalue weighted by atomic mass is 9.97. The van der Waals surface area contributed by atoms with Crippen LogP contribution in [-0.4, -0.2) is 10.2 Å². The summed E-state index contributed by atoms with van der Waals surface area (Å²) < 4.78 is 4.98. The first-order valence-corrected chi connectivity index (χ1v) is 2.87. The Morgan fingerprint density at radius 2 is 2.11 bits per heavy atom. The van der Waals surface area contributed by atoms with Crippen LogP contribution in [0.1, 0.15) is 26.7 Å². The lowest BCUT2D eigenvalue weighted by molar-refractivity contribution is 0.392. The van der Waals surface area contributed by atoms with Gasteiger partial charge in [0.25, 0.3) is 0 Å². The number of hydrogen-bond donors (Lipinski definition) is 0. The van der Waals surface area contributed by atoms with Gasteiger partial charge in [-0.05, 0) is 0 Å². The Hall–Kier alpha value is -0.860. The van der Waals surface area contributed by atoms with E-state index in [1.807, 2.05) is 20.8 Å². The number of aromatic nitrogens is 2. The average Bonchev–Trinajstić information content (AvgIpc) is 2.08. The molecule has 9 heavy (non-hydrogen) atoms. The van der Waals surface area contributed by atoms with Gasteiger partial charge in [0.1, 0.15) is 0 Å². The SMILES string of the molecule is CC(C)(C)c1nnco1. The van der Waals surface area contributed by atoms with Crippen molar-refractivity contribution < 1.29 is 4.42 Å². The predicted molar refractivity (Wildman–Crippen MR) is 33.0 cm³/mol. The van der Waals surface area contributed by atoms with Crippen LogP contribution >= 0.6 is 0 Å². The molecule has 1 aromatic heterocycles. The molecule has 0 atom stereocenters. The molecule has 0 N–H and O–H groups in total. The molecule has 0 fully saturated rings. The van der Waals surface area contributed by atoms with Crippen LogP contribution in [0.2, 0.25) is 0 Å². The minimum atomic E-state index is -0.0174. The maximum atomic E-state index is 4.98. The maximum Gasteiger partial charge on any atom is 0.221 e. The molecule has 0 spiro atoms. The van der Waals surface area contributed by atoms with Gasteiger partial charge in [-0.25, -0.2) is 0 Å². The molecule has 3 heteroatoms. The molecule has 0 bridgehead atoms. The number of nitrogens with zero attached hydrogens (tertiary/aromatic N) is 2. The third kappa shape index (κ3) is 1.28. The third-order valence-corrected chi connectivity index (χ3v) is 1.00. The highest BCUT2D eigenvalue weighted by molar-refractivity contribution is 4.92. The van der Waals surface area contributed by atoms with Gasteiger partial charge < -0.3 is 4.42 Å². The maximum absolute atomic E-state index is 4.98. The van der Waals surface area contributed by atoms with E-state index in [0.717, 1.165) is 0 Å². The first kappa shape index (κ1) is 6.26. The fraction of sp³-hybridized carbons (Fsp3) is 0.667. The summed E-state index contributed by atoms with van der Waals surface area (Å²) in [5.74, 6) is 0.683. The zero-order valence-corrected chi connectivity index (χ0v) is 5.88. The molecule has 0 radical (unpaired) electrons. The Kier molecular flexibility index (Phi) is 1.27. The van der Waals surface area contributed by atoms with Crippen molar-refractivity contribution in [1.82, 2.24) is 10.2 Å². The Morgan fingerprint density at radius 3 is 2.33 bits per heavy atom. The van der Waals surface area contributed by atoms with E-state index < -0.39 is 0 Å². The van der Waals surface area contributed by atoms with E-state index in [1.165, 1.54) is 6.39 Å². The van der Waals surface area contributed by atoms with Crippen LogP contribution in [0.4, 0.5) is 0 Å². The number of rotatable bonds is 0. The molecule has 0 aliphatic carbocycles. The summed E-state index contributed by atoms with van der Waals surface area (Å²) in [7, 11) is 0. The summed E-state index contributed by atoms with van der Waals surface area (Å²) in [5, 5.41) is 7.34. The molecule has 0 saturated carbocycles. The molecule has 0 unspecified atom stereocenters. The van der Waals surface area contributed by atoms with Crippen LogP contribution in [0.25, 0.3) is 0 Å². The molecule has 1 rings (SSSR count). The van der Waals surface area contributed by atoms with Crippen molar-refractivity contribution in [2.75, 3.05) is 0 Å². The van der Waals surface area contributed by atoms with Crippen molar-refractivity contribution in [3.05, 3.63) is 12.3 Å². The van der Waals surface area contributed by atoms with Gasteiger partial charge in [0, 0.05) is 5.41 Å². The lowest BCUT2D eigenvalue weighted by Gasteiger charge is -2.10. The molecule has 0 amide bonds. The summed E-state index contributed by atoms with van der Waals surface area (Å²) in [4.78, 5) is 0. The molecule has 0 saturated heterocycles. The van der Waals surface area contributed by atoms with E-state index in [-0.39, 0.29) is 5.41 Å². The van der Waals surface area contributed by atoms with Crippen molar-refractivity contribution in [2.24, 2.45) is 0 Å². The zero-order valence-electron chi connectivity index (χ0n) is 5.88. The highest BCUT2D eigenvalue weighted by atomic mass is 16.4. The van der Waals surface area contributed by atoms with E-state index >= 15 is 0 Å². The molecule has 0 aromatic carbocycles. The van der Waals surface area contributed by atoms with E-state index in [9.17, 15) is 0 Å². The molecule has 0 aliphatic rings. The summed E-state index contributed by atoms with van der Waals surface area (Å²) in [6.07, 6.45) is 1.35. The second-order valence-electron chi connectivity index (χ2n) is 2.99. The fourth-order valence-electron chi connectivity index (χ4n) is 0.500. The van der Waals surface area contributed by atoms with Crippen LogP contribution in [-0.2, 0) is 5.41 Å². The summed E-state index contributed by atoms with van der Waals surface area (Å²) in [6.45, 7) is 6.08. The highest BCUT2D eigenvalue weighted by Gasteiger charge is 2.18. The van der Waals surface area contributed by atoms with Gasteiger partial charge in [-0.15, -0.1) is 10.2 Å². The van der Waals surface area contributed by atoms with Gasteiger partial charge in [0.05, 0.1) is 0 Å². The van der Waals surface area contributed by atoms with Gasteiger partial charge in [0.15, 0.2) is 0 Å². The smallest absolute Gasteiger partial charge is 0.221 e. The molecule has 50 valence electrons. The topological polar surface area (TPSA) is 38.9 Å². The molecule has 1 aromatic rings. The summed E-state index contributed by atoms with van der Waals surface area (Å²) in [5.41, 5.74) is -0.0174. The largest absolute Gasteiger partial charge is 0.427 e. The van der Waals surface area contributed by atoms with Crippen molar-refractivity contribution in [3.63, 3.8) is 0 Å². The van der Waals surface area contributed by atoms with Gasteiger partial charge >= 0.3 is 0 Å². The minimum absolute atomic E-state index is 0.0174. The summed E-state index contributed by atoms with van der Waals surface area (Å²) >= 11 is 0. The van der Waals surface area contributed by atoms with Crippen molar-refractivity contribution in [1.29, 1.82) is 0 Å². The van der Waals surface area contributed by atoms with Crippen molar-refractivity contribution in [3.8, 4) is 0 Å². The standard InChI is InChI=1S/C6H10N2O/c1-6(2,3)5-8-7-4-9-5/h4H,1-3H3. The summed E-state index contributed by atoms with van der Waals surface area (Å²) in [6, 6.07) is 0. The third-order valence-electron chi connectivity index (χ3n) is 1.00. The first-order chi connectivity index (χ1) is 4.11. The van der Waals surface area contributed by atoms with E-state index in [4.69, 9.17) is 4.42 Å². The van der Waals surface area contributed by atoms with Crippen LogP contribution in [0, 0.1) is 0 Å². The Balaban J connectivity index is 2.90. The quantitative estimate of drug-likeness (QED) is 0.527. The lowest BCUT2D eigenvalue weighted by Crippen LogP contribution is -2.11. The Morgan fingerprint density at radius 1 is 1.44 bits per heavy atom. The molecular weight excluding hydrogens is 116 g/mol. The normalized spacial score (nSPS) is 11.9. The van der Waals surface area contributed by atoms with E-state index in [1.54, 1.807) is 0 Å². The van der Waals surface area contributed by atoms with Gasteiger partial charge in [0.2, 0.25) is 12.3 Å². The fourth-order valence-corrected chi connectivity index (χ4v) is 0.500. The van der Waals surface area contributed by atoms with E-state index in [2.05, 4.69) is 10.2 Å². The van der Waals surface area contributed by atoms with Gasteiger partial charge in [-0.3, -0.25) is 0 Å². The first-order valence-electron chi connectivity index (χ1n) is 2.87. The van der Waals surface area contributed by atoms with Crippen molar-refractivity contribution in [2.45, 2.75) is 26.2 Å². The predicted octanol–water partition coefficient (Wildman–Crippen LogP) is 1.37. The molecule has 0 aliphatic heterocycles. The monoisotopic (exact) mass is 126 g/mol. The second kappa shape index (κ2) is 1.83. The second-order valence-corrected chi connectivity index (χ2v) is 2.99. The molecular formula is C6H10N2O. The van der Waals surface area contributed by atoms with Crippen LogP contribution in [0.3, 0.4) is 0 Å². The van der Waals surface area contributed by atoms with E-state index in [0.29, 0.717) is 5.89 Å². The highest BCUT2D eigenvalue weighted by Crippen LogP contribution is 2.17. The van der Waals surface area contributed by atoms with Crippen molar-refractivity contribution >= 4 is 0 Å². The van der Waals surface area contributed by atoms with Gasteiger partial charge in [-0.1, -0.05) is 20.8 Å². The Labute approximate surface area is 54.1 Å².